The molecule has 0 bridgehead atoms. The van der Waals surface area contributed by atoms with Gasteiger partial charge in [0, 0.05) is 22.7 Å². The molecule has 1 aromatic heterocycles. The van der Waals surface area contributed by atoms with Crippen LogP contribution in [-0.2, 0) is 17.9 Å². The second-order valence-corrected chi connectivity index (χ2v) is 6.51. The van der Waals surface area contributed by atoms with Crippen LogP contribution in [0.1, 0.15) is 23.7 Å². The number of ether oxygens (including phenoxy) is 1. The molecule has 0 unspecified atom stereocenters. The van der Waals surface area contributed by atoms with Crippen molar-refractivity contribution in [3.8, 4) is 11.5 Å². The van der Waals surface area contributed by atoms with Gasteiger partial charge in [-0.25, -0.2) is 0 Å². The summed E-state index contributed by atoms with van der Waals surface area (Å²) < 4.78 is 31.0. The van der Waals surface area contributed by atoms with Gasteiger partial charge in [0.2, 0.25) is 0 Å². The van der Waals surface area contributed by atoms with Crippen molar-refractivity contribution < 1.29 is 18.6 Å². The van der Waals surface area contributed by atoms with Gasteiger partial charge in [0.25, 0.3) is 0 Å². The Morgan fingerprint density at radius 1 is 1.12 bits per heavy atom. The number of aryl methyl sites for hydroxylation is 1. The predicted octanol–water partition coefficient (Wildman–Crippen LogP) is 6.44. The number of rotatable bonds is 5. The van der Waals surface area contributed by atoms with E-state index in [1.165, 1.54) is 12.1 Å². The molecular weight excluding hydrogens is 383 g/mol. The molecule has 135 valence electrons. The van der Waals surface area contributed by atoms with E-state index >= 15 is 0 Å². The van der Waals surface area contributed by atoms with Crippen molar-refractivity contribution in [3.63, 3.8) is 0 Å². The van der Waals surface area contributed by atoms with Crippen LogP contribution in [0, 0.1) is 0 Å². The molecule has 1 radical (unpaired) electrons. The number of halogens is 4. The summed E-state index contributed by atoms with van der Waals surface area (Å²) >= 11 is 12.0. The number of nitrogens with zero attached hydrogens (tertiary/aromatic N) is 1. The first-order chi connectivity index (χ1) is 12.4. The molecule has 26 heavy (non-hydrogen) atoms. The summed E-state index contributed by atoms with van der Waals surface area (Å²) in [4.78, 5) is 4.45. The van der Waals surface area contributed by atoms with Crippen LogP contribution in [0.25, 0.3) is 10.9 Å². The molecule has 0 saturated carbocycles. The highest BCUT2D eigenvalue weighted by Crippen LogP contribution is 2.41. The summed E-state index contributed by atoms with van der Waals surface area (Å²) in [6.07, 6.45) is 0.745. The molecule has 0 fully saturated rings. The van der Waals surface area contributed by atoms with E-state index in [-0.39, 0.29) is 28.1 Å². The quantitative estimate of drug-likeness (QED) is 0.497. The van der Waals surface area contributed by atoms with Crippen molar-refractivity contribution in [1.82, 2.24) is 4.98 Å². The van der Waals surface area contributed by atoms with E-state index in [1.54, 1.807) is 24.3 Å². The molecule has 1 heterocycles. The third-order valence-electron chi connectivity index (χ3n) is 4.02. The first-order valence-corrected chi connectivity index (χ1v) is 8.66. The Kier molecular flexibility index (Phi) is 5.49. The Labute approximate surface area is 159 Å². The van der Waals surface area contributed by atoms with Crippen LogP contribution >= 0.6 is 23.2 Å². The largest absolute Gasteiger partial charge is 0.434 e. The molecule has 7 heteroatoms. The van der Waals surface area contributed by atoms with Crippen LogP contribution in [0.3, 0.4) is 0 Å². The van der Waals surface area contributed by atoms with Crippen molar-refractivity contribution in [3.05, 3.63) is 63.3 Å². The van der Waals surface area contributed by atoms with Gasteiger partial charge in [0.1, 0.15) is 5.75 Å². The second-order valence-electron chi connectivity index (χ2n) is 5.67. The molecule has 0 spiro atoms. The van der Waals surface area contributed by atoms with Crippen molar-refractivity contribution in [2.24, 2.45) is 0 Å². The third-order valence-corrected chi connectivity index (χ3v) is 4.58. The Hall–Kier alpha value is -2.11. The zero-order valence-corrected chi connectivity index (χ0v) is 15.2. The van der Waals surface area contributed by atoms with Crippen molar-refractivity contribution >= 4 is 34.1 Å². The van der Waals surface area contributed by atoms with Crippen LogP contribution in [0.5, 0.6) is 11.5 Å². The Bertz CT molecular complexity index is 947. The van der Waals surface area contributed by atoms with Crippen LogP contribution < -0.4 is 4.74 Å². The van der Waals surface area contributed by atoms with Gasteiger partial charge in [-0.2, -0.15) is 8.78 Å². The van der Waals surface area contributed by atoms with Gasteiger partial charge in [-0.05, 0) is 36.2 Å². The van der Waals surface area contributed by atoms with Crippen LogP contribution in [0.2, 0.25) is 10.0 Å². The summed E-state index contributed by atoms with van der Waals surface area (Å²) in [7, 11) is 0. The summed E-state index contributed by atoms with van der Waals surface area (Å²) in [6, 6.07) is 9.62. The van der Waals surface area contributed by atoms with E-state index in [9.17, 15) is 13.9 Å². The Morgan fingerprint density at radius 3 is 2.42 bits per heavy atom. The molecule has 0 saturated heterocycles. The molecule has 2 aromatic carbocycles. The van der Waals surface area contributed by atoms with E-state index < -0.39 is 12.4 Å². The zero-order valence-electron chi connectivity index (χ0n) is 13.7. The maximum atomic E-state index is 13.1. The lowest BCUT2D eigenvalue weighted by atomic mass is 9.98. The minimum absolute atomic E-state index is 0.0287. The minimum Gasteiger partial charge on any atom is -0.434 e. The van der Waals surface area contributed by atoms with Gasteiger partial charge in [-0.1, -0.05) is 42.3 Å². The molecule has 0 atom stereocenters. The third kappa shape index (κ3) is 3.69. The van der Waals surface area contributed by atoms with Gasteiger partial charge < -0.3 is 4.74 Å². The number of alkyl halides is 2. The number of hydrogen-bond donors (Lipinski definition) is 0. The highest BCUT2D eigenvalue weighted by molar-refractivity contribution is 6.35. The fourth-order valence-corrected chi connectivity index (χ4v) is 3.19. The van der Waals surface area contributed by atoms with E-state index in [2.05, 4.69) is 4.98 Å². The van der Waals surface area contributed by atoms with E-state index in [1.807, 2.05) is 6.92 Å². The lowest BCUT2D eigenvalue weighted by Gasteiger charge is -2.17. The van der Waals surface area contributed by atoms with Crippen molar-refractivity contribution in [2.75, 3.05) is 0 Å². The predicted molar refractivity (Wildman–Crippen MR) is 97.2 cm³/mol. The number of benzene rings is 2. The van der Waals surface area contributed by atoms with Gasteiger partial charge >= 0.3 is 6.61 Å². The summed E-state index contributed by atoms with van der Waals surface area (Å²) in [5.41, 5.74) is 2.00. The Morgan fingerprint density at radius 2 is 1.81 bits per heavy atom. The van der Waals surface area contributed by atoms with Crippen molar-refractivity contribution in [2.45, 2.75) is 26.4 Å². The number of hydrogen-bond acceptors (Lipinski definition) is 2. The fourth-order valence-electron chi connectivity index (χ4n) is 2.86. The first kappa shape index (κ1) is 18.7. The van der Waals surface area contributed by atoms with Crippen LogP contribution in [0.4, 0.5) is 8.78 Å². The molecule has 0 aliphatic carbocycles. The average molecular weight is 397 g/mol. The standard InChI is InChI=1S/C19H14Cl2F2NO2/c1-2-14-12(9-10-3-5-11(20)6-4-10)18(26-19(22)23)16-15(25)8-7-13(21)17(16)24-14/h3-8,19H,2,9H2,1H3. The highest BCUT2D eigenvalue weighted by Gasteiger charge is 2.23. The first-order valence-electron chi connectivity index (χ1n) is 7.91. The number of fused-ring (bicyclic) bond motifs is 1. The summed E-state index contributed by atoms with van der Waals surface area (Å²) in [5.74, 6) is -0.628. The zero-order chi connectivity index (χ0) is 18.8. The van der Waals surface area contributed by atoms with E-state index in [4.69, 9.17) is 27.9 Å². The lowest BCUT2D eigenvalue weighted by Crippen LogP contribution is -2.09. The molecule has 3 nitrogen and oxygen atoms in total. The van der Waals surface area contributed by atoms with Gasteiger partial charge in [0.05, 0.1) is 15.9 Å². The molecule has 0 aliphatic rings. The monoisotopic (exact) mass is 396 g/mol. The molecule has 0 N–H and O–H groups in total. The van der Waals surface area contributed by atoms with Crippen molar-refractivity contribution in [1.29, 1.82) is 0 Å². The Balaban J connectivity index is 2.27. The highest BCUT2D eigenvalue weighted by atomic mass is 35.5. The molecule has 0 amide bonds. The maximum Gasteiger partial charge on any atom is 0.387 e. The van der Waals surface area contributed by atoms with Gasteiger partial charge in [-0.3, -0.25) is 10.1 Å². The van der Waals surface area contributed by atoms with Gasteiger partial charge in [-0.15, -0.1) is 0 Å². The number of aromatic nitrogens is 1. The maximum absolute atomic E-state index is 13.1. The summed E-state index contributed by atoms with van der Waals surface area (Å²) in [6.45, 7) is -1.23. The average Bonchev–Trinajstić information content (AvgIpc) is 2.60. The summed E-state index contributed by atoms with van der Waals surface area (Å²) in [5, 5.41) is 13.1. The van der Waals surface area contributed by atoms with Crippen LogP contribution in [-0.4, -0.2) is 11.6 Å². The normalized spacial score (nSPS) is 11.3. The van der Waals surface area contributed by atoms with Gasteiger partial charge in [0.15, 0.2) is 5.75 Å². The van der Waals surface area contributed by atoms with Crippen LogP contribution in [0.15, 0.2) is 36.4 Å². The SMILES string of the molecule is CCc1nc2c(Cl)ccc([O])c2c(OC(F)F)c1Cc1ccc(Cl)cc1. The second kappa shape index (κ2) is 7.64. The topological polar surface area (TPSA) is 42.0 Å². The smallest absolute Gasteiger partial charge is 0.387 e. The molecule has 0 aliphatic heterocycles. The number of pyridine rings is 1. The molecule has 3 rings (SSSR count). The lowest BCUT2D eigenvalue weighted by molar-refractivity contribution is -0.0494. The van der Waals surface area contributed by atoms with E-state index in [0.717, 1.165) is 5.56 Å². The fraction of sp³-hybridized carbons (Fsp3) is 0.211. The minimum atomic E-state index is -3.08. The van der Waals surface area contributed by atoms with E-state index in [0.29, 0.717) is 22.7 Å². The molecule has 3 aromatic rings. The molecular formula is C19H14Cl2F2NO2.